The predicted octanol–water partition coefficient (Wildman–Crippen LogP) is 3.33. The average molecular weight is 286 g/mol. The van der Waals surface area contributed by atoms with E-state index in [1.807, 2.05) is 6.07 Å². The molecule has 1 aromatic carbocycles. The van der Waals surface area contributed by atoms with Crippen LogP contribution in [0.4, 0.5) is 0 Å². The summed E-state index contributed by atoms with van der Waals surface area (Å²) in [6.07, 6.45) is 9.77. The SMILES string of the molecule is NC(CC1CCCCC1)c1ccc2c(c1)C(=O)NCCC2. The summed E-state index contributed by atoms with van der Waals surface area (Å²) < 4.78 is 0. The number of fused-ring (bicyclic) bond motifs is 1. The Kier molecular flexibility index (Phi) is 4.59. The minimum absolute atomic E-state index is 0.0641. The molecular weight excluding hydrogens is 260 g/mol. The van der Waals surface area contributed by atoms with Crippen LogP contribution in [0.3, 0.4) is 0 Å². The van der Waals surface area contributed by atoms with Crippen molar-refractivity contribution in [2.24, 2.45) is 11.7 Å². The summed E-state index contributed by atoms with van der Waals surface area (Å²) in [5, 5.41) is 2.97. The summed E-state index contributed by atoms with van der Waals surface area (Å²) in [4.78, 5) is 12.1. The van der Waals surface area contributed by atoms with Crippen molar-refractivity contribution in [3.05, 3.63) is 34.9 Å². The lowest BCUT2D eigenvalue weighted by molar-refractivity contribution is 0.0956. The minimum atomic E-state index is 0.0641. The Morgan fingerprint density at radius 3 is 2.81 bits per heavy atom. The van der Waals surface area contributed by atoms with Crippen LogP contribution in [0.15, 0.2) is 18.2 Å². The van der Waals surface area contributed by atoms with E-state index < -0.39 is 0 Å². The standard InChI is InChI=1S/C18H26N2O/c19-17(11-13-5-2-1-3-6-13)15-9-8-14-7-4-10-20-18(21)16(14)12-15/h8-9,12-13,17H,1-7,10-11,19H2,(H,20,21). The fraction of sp³-hybridized carbons (Fsp3) is 0.611. The van der Waals surface area contributed by atoms with Gasteiger partial charge in [0, 0.05) is 18.2 Å². The Labute approximate surface area is 127 Å². The molecule has 21 heavy (non-hydrogen) atoms. The zero-order chi connectivity index (χ0) is 14.7. The van der Waals surface area contributed by atoms with E-state index in [0.29, 0.717) is 0 Å². The van der Waals surface area contributed by atoms with Crippen LogP contribution >= 0.6 is 0 Å². The first kappa shape index (κ1) is 14.6. The van der Waals surface area contributed by atoms with E-state index in [2.05, 4.69) is 17.4 Å². The van der Waals surface area contributed by atoms with Crippen molar-refractivity contribution in [1.82, 2.24) is 5.32 Å². The van der Waals surface area contributed by atoms with Crippen molar-refractivity contribution in [3.8, 4) is 0 Å². The molecule has 114 valence electrons. The first-order valence-corrected chi connectivity index (χ1v) is 8.40. The van der Waals surface area contributed by atoms with Crippen molar-refractivity contribution in [2.45, 2.75) is 57.4 Å². The predicted molar refractivity (Wildman–Crippen MR) is 85.2 cm³/mol. The van der Waals surface area contributed by atoms with Gasteiger partial charge in [0.25, 0.3) is 5.91 Å². The van der Waals surface area contributed by atoms with Gasteiger partial charge >= 0.3 is 0 Å². The lowest BCUT2D eigenvalue weighted by atomic mass is 9.83. The molecule has 3 rings (SSSR count). The number of nitrogens with two attached hydrogens (primary N) is 1. The summed E-state index contributed by atoms with van der Waals surface area (Å²) >= 11 is 0. The number of hydrogen-bond acceptors (Lipinski definition) is 2. The van der Waals surface area contributed by atoms with Crippen molar-refractivity contribution < 1.29 is 4.79 Å². The van der Waals surface area contributed by atoms with Gasteiger partial charge in [-0.3, -0.25) is 4.79 Å². The van der Waals surface area contributed by atoms with Crippen LogP contribution in [-0.4, -0.2) is 12.5 Å². The Bertz CT molecular complexity index is 506. The van der Waals surface area contributed by atoms with Gasteiger partial charge in [0.05, 0.1) is 0 Å². The first-order chi connectivity index (χ1) is 10.2. The van der Waals surface area contributed by atoms with Gasteiger partial charge in [-0.2, -0.15) is 0 Å². The van der Waals surface area contributed by atoms with E-state index >= 15 is 0 Å². The second-order valence-corrected chi connectivity index (χ2v) is 6.62. The molecule has 1 fully saturated rings. The van der Waals surface area contributed by atoms with Crippen LogP contribution in [0.5, 0.6) is 0 Å². The Morgan fingerprint density at radius 1 is 1.19 bits per heavy atom. The molecule has 1 aliphatic heterocycles. The average Bonchev–Trinajstić information content (AvgIpc) is 2.70. The highest BCUT2D eigenvalue weighted by Gasteiger charge is 2.20. The third-order valence-electron chi connectivity index (χ3n) is 5.03. The maximum atomic E-state index is 12.1. The molecule has 0 saturated heterocycles. The smallest absolute Gasteiger partial charge is 0.251 e. The van der Waals surface area contributed by atoms with E-state index in [1.54, 1.807) is 0 Å². The second-order valence-electron chi connectivity index (χ2n) is 6.62. The number of nitrogens with one attached hydrogen (secondary N) is 1. The number of benzene rings is 1. The van der Waals surface area contributed by atoms with E-state index in [0.717, 1.165) is 42.9 Å². The van der Waals surface area contributed by atoms with Gasteiger partial charge in [0.1, 0.15) is 0 Å². The summed E-state index contributed by atoms with van der Waals surface area (Å²) in [5.74, 6) is 0.829. The summed E-state index contributed by atoms with van der Waals surface area (Å²) in [7, 11) is 0. The normalized spacial score (nSPS) is 21.3. The highest BCUT2D eigenvalue weighted by molar-refractivity contribution is 5.96. The van der Waals surface area contributed by atoms with Gasteiger partial charge in [0.2, 0.25) is 0 Å². The fourth-order valence-corrected chi connectivity index (χ4v) is 3.75. The van der Waals surface area contributed by atoms with Crippen molar-refractivity contribution in [2.75, 3.05) is 6.54 Å². The monoisotopic (exact) mass is 286 g/mol. The van der Waals surface area contributed by atoms with Crippen molar-refractivity contribution >= 4 is 5.91 Å². The molecule has 1 atom stereocenters. The topological polar surface area (TPSA) is 55.1 Å². The molecule has 3 N–H and O–H groups in total. The summed E-state index contributed by atoms with van der Waals surface area (Å²) in [6, 6.07) is 6.33. The molecule has 1 aliphatic carbocycles. The third-order valence-corrected chi connectivity index (χ3v) is 5.03. The lowest BCUT2D eigenvalue weighted by Crippen LogP contribution is -2.23. The third kappa shape index (κ3) is 3.46. The number of rotatable bonds is 3. The Morgan fingerprint density at radius 2 is 2.00 bits per heavy atom. The molecule has 1 saturated carbocycles. The molecule has 3 heteroatoms. The molecule has 1 amide bonds. The molecule has 0 aromatic heterocycles. The zero-order valence-electron chi connectivity index (χ0n) is 12.7. The zero-order valence-corrected chi connectivity index (χ0v) is 12.7. The second kappa shape index (κ2) is 6.61. The van der Waals surface area contributed by atoms with E-state index in [1.165, 1.54) is 37.7 Å². The summed E-state index contributed by atoms with van der Waals surface area (Å²) in [5.41, 5.74) is 9.54. The van der Waals surface area contributed by atoms with E-state index in [9.17, 15) is 4.79 Å². The van der Waals surface area contributed by atoms with Gasteiger partial charge in [0.15, 0.2) is 0 Å². The number of carbonyl (C=O) groups excluding carboxylic acids is 1. The molecule has 2 aliphatic rings. The van der Waals surface area contributed by atoms with Crippen molar-refractivity contribution in [3.63, 3.8) is 0 Å². The van der Waals surface area contributed by atoms with Crippen LogP contribution < -0.4 is 11.1 Å². The molecule has 3 nitrogen and oxygen atoms in total. The number of amides is 1. The fourth-order valence-electron chi connectivity index (χ4n) is 3.75. The highest BCUT2D eigenvalue weighted by Crippen LogP contribution is 2.31. The maximum Gasteiger partial charge on any atom is 0.251 e. The van der Waals surface area contributed by atoms with Gasteiger partial charge in [-0.1, -0.05) is 44.2 Å². The van der Waals surface area contributed by atoms with Gasteiger partial charge < -0.3 is 11.1 Å². The maximum absolute atomic E-state index is 12.1. The molecule has 0 radical (unpaired) electrons. The molecule has 0 spiro atoms. The van der Waals surface area contributed by atoms with Crippen LogP contribution in [0, 0.1) is 5.92 Å². The van der Waals surface area contributed by atoms with Gasteiger partial charge in [-0.15, -0.1) is 0 Å². The molecule has 0 bridgehead atoms. The molecule has 1 aromatic rings. The number of hydrogen-bond donors (Lipinski definition) is 2. The Hall–Kier alpha value is -1.35. The lowest BCUT2D eigenvalue weighted by Gasteiger charge is -2.25. The summed E-state index contributed by atoms with van der Waals surface area (Å²) in [6.45, 7) is 0.775. The number of aryl methyl sites for hydroxylation is 1. The van der Waals surface area contributed by atoms with Crippen LogP contribution in [-0.2, 0) is 6.42 Å². The van der Waals surface area contributed by atoms with Gasteiger partial charge in [-0.05, 0) is 42.4 Å². The van der Waals surface area contributed by atoms with E-state index in [-0.39, 0.29) is 11.9 Å². The van der Waals surface area contributed by atoms with Crippen molar-refractivity contribution in [1.29, 1.82) is 0 Å². The molecule has 1 heterocycles. The van der Waals surface area contributed by atoms with E-state index in [4.69, 9.17) is 5.73 Å². The molecular formula is C18H26N2O. The first-order valence-electron chi connectivity index (χ1n) is 8.40. The van der Waals surface area contributed by atoms with Crippen LogP contribution in [0.2, 0.25) is 0 Å². The highest BCUT2D eigenvalue weighted by atomic mass is 16.1. The van der Waals surface area contributed by atoms with Gasteiger partial charge in [-0.25, -0.2) is 0 Å². The number of carbonyl (C=O) groups is 1. The largest absolute Gasteiger partial charge is 0.352 e. The molecule has 1 unspecified atom stereocenters. The minimum Gasteiger partial charge on any atom is -0.352 e. The van der Waals surface area contributed by atoms with Crippen LogP contribution in [0.25, 0.3) is 0 Å². The Balaban J connectivity index is 1.74. The quantitative estimate of drug-likeness (QED) is 0.895. The van der Waals surface area contributed by atoms with Crippen LogP contribution in [0.1, 0.15) is 72.5 Å².